The molecule has 1 atom stereocenters. The highest BCUT2D eigenvalue weighted by Crippen LogP contribution is 2.48. The van der Waals surface area contributed by atoms with Crippen molar-refractivity contribution in [2.75, 3.05) is 0 Å². The van der Waals surface area contributed by atoms with Crippen LogP contribution >= 0.6 is 0 Å². The summed E-state index contributed by atoms with van der Waals surface area (Å²) in [6.07, 6.45) is 7.52. The number of hydrogen-bond acceptors (Lipinski definition) is 2. The Hall–Kier alpha value is -0.935. The van der Waals surface area contributed by atoms with Crippen molar-refractivity contribution in [1.29, 1.82) is 0 Å². The van der Waals surface area contributed by atoms with Crippen molar-refractivity contribution in [3.63, 3.8) is 0 Å². The first-order chi connectivity index (χ1) is 14.1. The summed E-state index contributed by atoms with van der Waals surface area (Å²) >= 11 is 0. The molecule has 0 spiro atoms. The minimum absolute atomic E-state index is 0.0530. The van der Waals surface area contributed by atoms with Crippen molar-refractivity contribution in [2.24, 2.45) is 5.92 Å². The second-order valence-corrected chi connectivity index (χ2v) is 10.4. The molecule has 5 heteroatoms. The Balaban J connectivity index is 1.60. The standard InChI is InChI=1S/C25H39BF2O2/c1-23(2)24(3,4)30-26(29-23)22(21-16-9-6-10-17-21)19-25(27,28)18-12-11-15-20-13-7-5-8-14-20/h5,7-8,13-14,21-22H,6,9-12,15-19H2,1-4H3/t22-/m1/s1. The molecule has 1 aromatic carbocycles. The predicted octanol–water partition coefficient (Wildman–Crippen LogP) is 7.47. The van der Waals surface area contributed by atoms with Gasteiger partial charge in [0.25, 0.3) is 0 Å². The largest absolute Gasteiger partial charge is 0.461 e. The average Bonchev–Trinajstić information content (AvgIpc) is 2.92. The van der Waals surface area contributed by atoms with E-state index in [0.29, 0.717) is 6.42 Å². The fraction of sp³-hybridized carbons (Fsp3) is 0.760. The summed E-state index contributed by atoms with van der Waals surface area (Å²) in [5.41, 5.74) is 0.267. The van der Waals surface area contributed by atoms with E-state index in [1.807, 2.05) is 45.9 Å². The summed E-state index contributed by atoms with van der Waals surface area (Å²) in [6.45, 7) is 8.03. The van der Waals surface area contributed by atoms with Crippen molar-refractivity contribution in [3.05, 3.63) is 35.9 Å². The molecule has 3 rings (SSSR count). The summed E-state index contributed by atoms with van der Waals surface area (Å²) in [4.78, 5) is 0. The quantitative estimate of drug-likeness (QED) is 0.305. The van der Waals surface area contributed by atoms with Crippen LogP contribution in [0.5, 0.6) is 0 Å². The molecule has 1 aromatic rings. The van der Waals surface area contributed by atoms with Gasteiger partial charge in [-0.1, -0.05) is 62.4 Å². The van der Waals surface area contributed by atoms with Crippen LogP contribution in [-0.2, 0) is 15.7 Å². The summed E-state index contributed by atoms with van der Waals surface area (Å²) < 4.78 is 42.7. The molecule has 1 aliphatic heterocycles. The molecule has 2 nitrogen and oxygen atoms in total. The molecule has 1 aliphatic carbocycles. The molecule has 0 amide bonds. The Morgan fingerprint density at radius 1 is 0.967 bits per heavy atom. The highest BCUT2D eigenvalue weighted by molar-refractivity contribution is 6.47. The van der Waals surface area contributed by atoms with Gasteiger partial charge in [-0.2, -0.15) is 0 Å². The lowest BCUT2D eigenvalue weighted by atomic mass is 9.59. The van der Waals surface area contributed by atoms with E-state index in [4.69, 9.17) is 9.31 Å². The van der Waals surface area contributed by atoms with Gasteiger partial charge in [-0.3, -0.25) is 0 Å². The van der Waals surface area contributed by atoms with Crippen LogP contribution in [0.1, 0.15) is 91.0 Å². The van der Waals surface area contributed by atoms with Crippen molar-refractivity contribution < 1.29 is 18.1 Å². The maximum absolute atomic E-state index is 15.1. The van der Waals surface area contributed by atoms with E-state index in [1.165, 1.54) is 12.0 Å². The van der Waals surface area contributed by atoms with Gasteiger partial charge < -0.3 is 9.31 Å². The molecule has 0 radical (unpaired) electrons. The zero-order valence-electron chi connectivity index (χ0n) is 19.3. The monoisotopic (exact) mass is 420 g/mol. The second kappa shape index (κ2) is 9.69. The van der Waals surface area contributed by atoms with E-state index < -0.39 is 24.2 Å². The van der Waals surface area contributed by atoms with Gasteiger partial charge in [0.1, 0.15) is 0 Å². The van der Waals surface area contributed by atoms with Crippen LogP contribution in [0, 0.1) is 5.92 Å². The first-order valence-corrected chi connectivity index (χ1v) is 11.9. The Kier molecular flexibility index (Phi) is 7.66. The van der Waals surface area contributed by atoms with Gasteiger partial charge in [0.2, 0.25) is 5.92 Å². The molecule has 1 saturated heterocycles. The van der Waals surface area contributed by atoms with E-state index in [0.717, 1.165) is 38.5 Å². The Bertz CT molecular complexity index is 640. The molecule has 0 unspecified atom stereocenters. The molecule has 0 aromatic heterocycles. The number of rotatable bonds is 9. The minimum atomic E-state index is -2.68. The van der Waals surface area contributed by atoms with Crippen molar-refractivity contribution in [2.45, 2.75) is 115 Å². The molecule has 1 saturated carbocycles. The number of halogens is 2. The van der Waals surface area contributed by atoms with E-state index in [1.54, 1.807) is 0 Å². The number of unbranched alkanes of at least 4 members (excludes halogenated alkanes) is 1. The first kappa shape index (κ1) is 23.7. The maximum atomic E-state index is 15.1. The molecule has 0 bridgehead atoms. The van der Waals surface area contributed by atoms with Crippen LogP contribution in [0.3, 0.4) is 0 Å². The molecule has 2 fully saturated rings. The molecular weight excluding hydrogens is 381 g/mol. The third kappa shape index (κ3) is 6.06. The van der Waals surface area contributed by atoms with E-state index in [9.17, 15) is 0 Å². The van der Waals surface area contributed by atoms with Gasteiger partial charge in [0.05, 0.1) is 11.2 Å². The van der Waals surface area contributed by atoms with Crippen molar-refractivity contribution in [3.8, 4) is 0 Å². The Morgan fingerprint density at radius 3 is 2.17 bits per heavy atom. The van der Waals surface area contributed by atoms with Gasteiger partial charge in [-0.15, -0.1) is 0 Å². The fourth-order valence-electron chi connectivity index (χ4n) is 4.92. The minimum Gasteiger partial charge on any atom is -0.403 e. The molecule has 168 valence electrons. The van der Waals surface area contributed by atoms with Crippen LogP contribution < -0.4 is 0 Å². The number of alkyl halides is 2. The lowest BCUT2D eigenvalue weighted by Crippen LogP contribution is -2.41. The lowest BCUT2D eigenvalue weighted by molar-refractivity contribution is -0.0279. The number of hydrogen-bond donors (Lipinski definition) is 0. The molecular formula is C25H39BF2O2. The van der Waals surface area contributed by atoms with Crippen LogP contribution in [0.2, 0.25) is 5.82 Å². The summed E-state index contributed by atoms with van der Waals surface area (Å²) in [6, 6.07) is 10.1. The van der Waals surface area contributed by atoms with Crippen molar-refractivity contribution >= 4 is 7.12 Å². The van der Waals surface area contributed by atoms with Gasteiger partial charge in [0.15, 0.2) is 0 Å². The van der Waals surface area contributed by atoms with Crippen molar-refractivity contribution in [1.82, 2.24) is 0 Å². The van der Waals surface area contributed by atoms with E-state index in [-0.39, 0.29) is 24.6 Å². The summed E-state index contributed by atoms with van der Waals surface area (Å²) in [5.74, 6) is -2.65. The predicted molar refractivity (Wildman–Crippen MR) is 120 cm³/mol. The van der Waals surface area contributed by atoms with Gasteiger partial charge in [-0.05, 0) is 58.4 Å². The second-order valence-electron chi connectivity index (χ2n) is 10.4. The molecule has 30 heavy (non-hydrogen) atoms. The lowest BCUT2D eigenvalue weighted by Gasteiger charge is -2.34. The number of benzene rings is 1. The topological polar surface area (TPSA) is 18.5 Å². The first-order valence-electron chi connectivity index (χ1n) is 11.9. The maximum Gasteiger partial charge on any atom is 0.461 e. The van der Waals surface area contributed by atoms with Crippen LogP contribution in [0.25, 0.3) is 0 Å². The molecule has 1 heterocycles. The van der Waals surface area contributed by atoms with Crippen LogP contribution in [-0.4, -0.2) is 24.2 Å². The molecule has 0 N–H and O–H groups in total. The smallest absolute Gasteiger partial charge is 0.403 e. The van der Waals surface area contributed by atoms with E-state index >= 15 is 8.78 Å². The third-order valence-electron chi connectivity index (χ3n) is 7.51. The SMILES string of the molecule is CC1(C)OB([C@H](CC(F)(F)CCCCc2ccccc2)C2CCCCC2)OC1(C)C. The Morgan fingerprint density at radius 2 is 1.57 bits per heavy atom. The highest BCUT2D eigenvalue weighted by Gasteiger charge is 2.56. The Labute approximate surface area is 182 Å². The van der Waals surface area contributed by atoms with Gasteiger partial charge in [0, 0.05) is 18.7 Å². The third-order valence-corrected chi connectivity index (χ3v) is 7.51. The van der Waals surface area contributed by atoms with Gasteiger partial charge >= 0.3 is 7.12 Å². The van der Waals surface area contributed by atoms with Gasteiger partial charge in [-0.25, -0.2) is 8.78 Å². The molecule has 2 aliphatic rings. The normalized spacial score (nSPS) is 22.9. The van der Waals surface area contributed by atoms with E-state index in [2.05, 4.69) is 12.1 Å². The number of aryl methyl sites for hydroxylation is 1. The average molecular weight is 420 g/mol. The highest BCUT2D eigenvalue weighted by atomic mass is 19.3. The summed E-state index contributed by atoms with van der Waals surface area (Å²) in [5, 5.41) is 0. The zero-order chi connectivity index (χ0) is 21.8. The fourth-order valence-corrected chi connectivity index (χ4v) is 4.92. The summed E-state index contributed by atoms with van der Waals surface area (Å²) in [7, 11) is -0.534. The zero-order valence-corrected chi connectivity index (χ0v) is 19.3. The van der Waals surface area contributed by atoms with Crippen LogP contribution in [0.4, 0.5) is 8.78 Å². The van der Waals surface area contributed by atoms with Crippen LogP contribution in [0.15, 0.2) is 30.3 Å².